The SMILES string of the molecule is NC(=O)c1cc(NCc2occc2Br)ccc1F. The highest BCUT2D eigenvalue weighted by Crippen LogP contribution is 2.20. The van der Waals surface area contributed by atoms with Gasteiger partial charge in [0.05, 0.1) is 22.8 Å². The van der Waals surface area contributed by atoms with Gasteiger partial charge in [-0.2, -0.15) is 0 Å². The molecule has 0 saturated carbocycles. The molecule has 1 aromatic carbocycles. The quantitative estimate of drug-likeness (QED) is 0.912. The predicted molar refractivity (Wildman–Crippen MR) is 68.7 cm³/mol. The molecule has 18 heavy (non-hydrogen) atoms. The van der Waals surface area contributed by atoms with Crippen LogP contribution in [0.15, 0.2) is 39.4 Å². The van der Waals surface area contributed by atoms with Crippen molar-refractivity contribution >= 4 is 27.5 Å². The van der Waals surface area contributed by atoms with Gasteiger partial charge in [0.1, 0.15) is 11.6 Å². The van der Waals surface area contributed by atoms with E-state index in [0.29, 0.717) is 18.0 Å². The summed E-state index contributed by atoms with van der Waals surface area (Å²) in [7, 11) is 0. The molecule has 0 aliphatic rings. The van der Waals surface area contributed by atoms with Crippen molar-refractivity contribution in [1.82, 2.24) is 0 Å². The number of furan rings is 1. The molecule has 0 spiro atoms. The first-order valence-electron chi connectivity index (χ1n) is 5.13. The van der Waals surface area contributed by atoms with Gasteiger partial charge < -0.3 is 15.5 Å². The Morgan fingerprint density at radius 2 is 2.22 bits per heavy atom. The fourth-order valence-electron chi connectivity index (χ4n) is 1.46. The molecular formula is C12H10BrFN2O2. The summed E-state index contributed by atoms with van der Waals surface area (Å²) in [6.45, 7) is 0.414. The van der Waals surface area contributed by atoms with E-state index in [2.05, 4.69) is 21.2 Å². The molecule has 94 valence electrons. The smallest absolute Gasteiger partial charge is 0.251 e. The molecular weight excluding hydrogens is 303 g/mol. The average molecular weight is 313 g/mol. The van der Waals surface area contributed by atoms with E-state index in [-0.39, 0.29) is 5.56 Å². The summed E-state index contributed by atoms with van der Waals surface area (Å²) in [6, 6.07) is 5.86. The van der Waals surface area contributed by atoms with E-state index in [1.54, 1.807) is 12.3 Å². The van der Waals surface area contributed by atoms with Gasteiger partial charge in [-0.25, -0.2) is 4.39 Å². The van der Waals surface area contributed by atoms with Gasteiger partial charge in [0.25, 0.3) is 5.91 Å². The molecule has 1 amide bonds. The summed E-state index contributed by atoms with van der Waals surface area (Å²) in [5.41, 5.74) is 5.52. The Kier molecular flexibility index (Phi) is 3.66. The Balaban J connectivity index is 2.13. The lowest BCUT2D eigenvalue weighted by atomic mass is 10.2. The minimum absolute atomic E-state index is 0.140. The monoisotopic (exact) mass is 312 g/mol. The van der Waals surface area contributed by atoms with Crippen LogP contribution in [-0.4, -0.2) is 5.91 Å². The van der Waals surface area contributed by atoms with Gasteiger partial charge in [-0.05, 0) is 40.2 Å². The van der Waals surface area contributed by atoms with Crippen molar-refractivity contribution in [2.24, 2.45) is 5.73 Å². The molecule has 0 unspecified atom stereocenters. The lowest BCUT2D eigenvalue weighted by Gasteiger charge is -2.07. The molecule has 0 radical (unpaired) electrons. The number of amides is 1. The first-order chi connectivity index (χ1) is 8.58. The Hall–Kier alpha value is -1.82. The molecule has 6 heteroatoms. The largest absolute Gasteiger partial charge is 0.466 e. The van der Waals surface area contributed by atoms with Crippen molar-refractivity contribution in [3.63, 3.8) is 0 Å². The Bertz CT molecular complexity index is 583. The van der Waals surface area contributed by atoms with Crippen LogP contribution in [0.5, 0.6) is 0 Å². The van der Waals surface area contributed by atoms with Crippen LogP contribution in [0.25, 0.3) is 0 Å². The maximum absolute atomic E-state index is 13.2. The number of carbonyl (C=O) groups excluding carboxylic acids is 1. The van der Waals surface area contributed by atoms with Crippen molar-refractivity contribution in [3.8, 4) is 0 Å². The molecule has 0 aliphatic carbocycles. The normalized spacial score (nSPS) is 10.3. The molecule has 4 nitrogen and oxygen atoms in total. The van der Waals surface area contributed by atoms with Gasteiger partial charge in [-0.1, -0.05) is 0 Å². The Morgan fingerprint density at radius 3 is 2.83 bits per heavy atom. The van der Waals surface area contributed by atoms with E-state index < -0.39 is 11.7 Å². The van der Waals surface area contributed by atoms with E-state index in [1.807, 2.05) is 0 Å². The summed E-state index contributed by atoms with van der Waals surface area (Å²) in [5, 5.41) is 3.01. The van der Waals surface area contributed by atoms with Gasteiger partial charge in [0.15, 0.2) is 0 Å². The minimum atomic E-state index is -0.796. The lowest BCUT2D eigenvalue weighted by molar-refractivity contribution is 0.0996. The molecule has 0 aliphatic heterocycles. The molecule has 1 aromatic heterocycles. The lowest BCUT2D eigenvalue weighted by Crippen LogP contribution is -2.13. The second-order valence-electron chi connectivity index (χ2n) is 3.60. The topological polar surface area (TPSA) is 68.3 Å². The molecule has 0 bridgehead atoms. The number of nitrogens with one attached hydrogen (secondary N) is 1. The Morgan fingerprint density at radius 1 is 1.44 bits per heavy atom. The van der Waals surface area contributed by atoms with E-state index in [0.717, 1.165) is 4.47 Å². The van der Waals surface area contributed by atoms with Gasteiger partial charge in [-0.3, -0.25) is 4.79 Å². The summed E-state index contributed by atoms with van der Waals surface area (Å²) in [4.78, 5) is 11.0. The van der Waals surface area contributed by atoms with Crippen LogP contribution < -0.4 is 11.1 Å². The number of hydrogen-bond donors (Lipinski definition) is 2. The number of nitrogens with two attached hydrogens (primary N) is 1. The highest BCUT2D eigenvalue weighted by Gasteiger charge is 2.09. The van der Waals surface area contributed by atoms with E-state index in [4.69, 9.17) is 10.2 Å². The third-order valence-corrected chi connectivity index (χ3v) is 3.08. The number of benzene rings is 1. The minimum Gasteiger partial charge on any atom is -0.466 e. The number of primary amides is 1. The fourth-order valence-corrected chi connectivity index (χ4v) is 1.80. The summed E-state index contributed by atoms with van der Waals surface area (Å²) < 4.78 is 19.3. The second kappa shape index (κ2) is 5.22. The first kappa shape index (κ1) is 12.6. The predicted octanol–water partition coefficient (Wildman–Crippen LogP) is 2.89. The maximum Gasteiger partial charge on any atom is 0.251 e. The third-order valence-electron chi connectivity index (χ3n) is 2.38. The number of halogens is 2. The molecule has 0 atom stereocenters. The number of carbonyl (C=O) groups is 1. The van der Waals surface area contributed by atoms with Gasteiger partial charge in [0.2, 0.25) is 0 Å². The molecule has 0 fully saturated rings. The Labute approximate surface area is 111 Å². The van der Waals surface area contributed by atoms with Gasteiger partial charge >= 0.3 is 0 Å². The van der Waals surface area contributed by atoms with Crippen molar-refractivity contribution in [2.75, 3.05) is 5.32 Å². The number of anilines is 1. The standard InChI is InChI=1S/C12H10BrFN2O2/c13-9-3-4-18-11(9)6-16-7-1-2-10(14)8(5-7)12(15)17/h1-5,16H,6H2,(H2,15,17). The van der Waals surface area contributed by atoms with Crippen LogP contribution in [-0.2, 0) is 6.54 Å². The van der Waals surface area contributed by atoms with E-state index in [9.17, 15) is 9.18 Å². The van der Waals surface area contributed by atoms with Crippen LogP contribution >= 0.6 is 15.9 Å². The van der Waals surface area contributed by atoms with Crippen molar-refractivity contribution in [1.29, 1.82) is 0 Å². The van der Waals surface area contributed by atoms with Crippen LogP contribution in [0, 0.1) is 5.82 Å². The zero-order chi connectivity index (χ0) is 13.1. The van der Waals surface area contributed by atoms with Crippen LogP contribution in [0.4, 0.5) is 10.1 Å². The van der Waals surface area contributed by atoms with Gasteiger partial charge in [0, 0.05) is 5.69 Å². The summed E-state index contributed by atoms with van der Waals surface area (Å²) in [6.07, 6.45) is 1.56. The summed E-state index contributed by atoms with van der Waals surface area (Å²) in [5.74, 6) is -0.720. The fraction of sp³-hybridized carbons (Fsp3) is 0.0833. The highest BCUT2D eigenvalue weighted by atomic mass is 79.9. The summed E-state index contributed by atoms with van der Waals surface area (Å²) >= 11 is 3.32. The highest BCUT2D eigenvalue weighted by molar-refractivity contribution is 9.10. The molecule has 3 N–H and O–H groups in total. The zero-order valence-corrected chi connectivity index (χ0v) is 10.8. The van der Waals surface area contributed by atoms with Crippen molar-refractivity contribution in [3.05, 3.63) is 52.1 Å². The van der Waals surface area contributed by atoms with Crippen molar-refractivity contribution < 1.29 is 13.6 Å². The third kappa shape index (κ3) is 2.70. The average Bonchev–Trinajstić information content (AvgIpc) is 2.73. The van der Waals surface area contributed by atoms with Gasteiger partial charge in [-0.15, -0.1) is 0 Å². The second-order valence-corrected chi connectivity index (χ2v) is 4.46. The molecule has 2 aromatic rings. The molecule has 1 heterocycles. The first-order valence-corrected chi connectivity index (χ1v) is 5.92. The number of rotatable bonds is 4. The van der Waals surface area contributed by atoms with E-state index in [1.165, 1.54) is 18.2 Å². The van der Waals surface area contributed by atoms with E-state index >= 15 is 0 Å². The van der Waals surface area contributed by atoms with Crippen LogP contribution in [0.1, 0.15) is 16.1 Å². The molecule has 0 saturated heterocycles. The van der Waals surface area contributed by atoms with Crippen LogP contribution in [0.3, 0.4) is 0 Å². The number of hydrogen-bond acceptors (Lipinski definition) is 3. The maximum atomic E-state index is 13.2. The van der Waals surface area contributed by atoms with Crippen molar-refractivity contribution in [2.45, 2.75) is 6.54 Å². The molecule has 2 rings (SSSR count). The van der Waals surface area contributed by atoms with Crippen LogP contribution in [0.2, 0.25) is 0 Å². The zero-order valence-electron chi connectivity index (χ0n) is 9.24.